The van der Waals surface area contributed by atoms with E-state index in [1.54, 1.807) is 18.2 Å². The zero-order valence-corrected chi connectivity index (χ0v) is 13.0. The van der Waals surface area contributed by atoms with Crippen LogP contribution >= 0.6 is 0 Å². The van der Waals surface area contributed by atoms with Gasteiger partial charge in [0.05, 0.1) is 6.61 Å². The van der Waals surface area contributed by atoms with Gasteiger partial charge in [-0.15, -0.1) is 6.58 Å². The van der Waals surface area contributed by atoms with Crippen LogP contribution in [0.4, 0.5) is 0 Å². The van der Waals surface area contributed by atoms with Crippen LogP contribution in [0.15, 0.2) is 43.0 Å². The molecule has 0 saturated heterocycles. The number of hydroxylamine groups is 2. The van der Waals surface area contributed by atoms with Crippen molar-refractivity contribution in [2.75, 3.05) is 6.61 Å². The second-order valence-corrected chi connectivity index (χ2v) is 4.97. The number of hydrogen-bond acceptors (Lipinski definition) is 3. The van der Waals surface area contributed by atoms with Gasteiger partial charge >= 0.3 is 0 Å². The lowest BCUT2D eigenvalue weighted by molar-refractivity contribution is -0.298. The molecule has 4 heteroatoms. The maximum atomic E-state index is 12.3. The minimum Gasteiger partial charge on any atom is -0.351 e. The van der Waals surface area contributed by atoms with Gasteiger partial charge < -0.3 is 4.84 Å². The van der Waals surface area contributed by atoms with Crippen molar-refractivity contribution in [2.24, 2.45) is 5.92 Å². The molecule has 1 aromatic rings. The van der Waals surface area contributed by atoms with Gasteiger partial charge in [-0.3, -0.25) is 4.79 Å². The van der Waals surface area contributed by atoms with E-state index in [-0.39, 0.29) is 11.8 Å². The van der Waals surface area contributed by atoms with Crippen molar-refractivity contribution in [3.8, 4) is 5.75 Å². The number of carbonyl (C=O) groups is 1. The minimum absolute atomic E-state index is 0.199. The van der Waals surface area contributed by atoms with E-state index in [0.717, 1.165) is 24.5 Å². The molecule has 0 aliphatic heterocycles. The predicted octanol–water partition coefficient (Wildman–Crippen LogP) is 4.14. The molecule has 1 rings (SSSR count). The van der Waals surface area contributed by atoms with Crippen LogP contribution < -0.4 is 4.84 Å². The molecule has 21 heavy (non-hydrogen) atoms. The van der Waals surface area contributed by atoms with Crippen LogP contribution in [-0.2, 0) is 9.63 Å². The highest BCUT2D eigenvalue weighted by Crippen LogP contribution is 2.15. The lowest BCUT2D eigenvalue weighted by atomic mass is 10.1. The zero-order chi connectivity index (χ0) is 15.5. The molecule has 1 amide bonds. The molecule has 0 aliphatic carbocycles. The zero-order valence-electron chi connectivity index (χ0n) is 13.0. The Morgan fingerprint density at radius 3 is 2.67 bits per heavy atom. The topological polar surface area (TPSA) is 38.8 Å². The second kappa shape index (κ2) is 10.00. The average Bonchev–Trinajstić information content (AvgIpc) is 2.51. The van der Waals surface area contributed by atoms with Gasteiger partial charge in [-0.05, 0) is 30.2 Å². The van der Waals surface area contributed by atoms with Gasteiger partial charge in [0, 0.05) is 5.92 Å². The summed E-state index contributed by atoms with van der Waals surface area (Å²) < 4.78 is 0. The van der Waals surface area contributed by atoms with Crippen molar-refractivity contribution < 1.29 is 14.5 Å². The number of rotatable bonds is 10. The van der Waals surface area contributed by atoms with Crippen molar-refractivity contribution in [3.05, 3.63) is 43.0 Å². The fraction of sp³-hybridized carbons (Fsp3) is 0.471. The fourth-order valence-corrected chi connectivity index (χ4v) is 1.74. The number of carbonyl (C=O) groups excluding carboxylic acids is 1. The Kier molecular flexibility index (Phi) is 8.21. The summed E-state index contributed by atoms with van der Waals surface area (Å²) >= 11 is 0. The fourth-order valence-electron chi connectivity index (χ4n) is 1.74. The van der Waals surface area contributed by atoms with Crippen LogP contribution in [0.25, 0.3) is 0 Å². The number of para-hydroxylation sites is 1. The van der Waals surface area contributed by atoms with E-state index in [1.807, 2.05) is 25.1 Å². The van der Waals surface area contributed by atoms with Gasteiger partial charge in [-0.1, -0.05) is 51.0 Å². The molecule has 4 nitrogen and oxygen atoms in total. The Morgan fingerprint density at radius 2 is 2.05 bits per heavy atom. The molecule has 0 N–H and O–H groups in total. The second-order valence-electron chi connectivity index (χ2n) is 4.97. The smallest absolute Gasteiger partial charge is 0.288 e. The van der Waals surface area contributed by atoms with Gasteiger partial charge in [-0.2, -0.15) is 0 Å². The Hall–Kier alpha value is -1.81. The molecule has 116 valence electrons. The first-order chi connectivity index (χ1) is 10.2. The maximum absolute atomic E-state index is 12.3. The molecule has 0 aromatic heterocycles. The summed E-state index contributed by atoms with van der Waals surface area (Å²) in [5.74, 6) is 0.153. The van der Waals surface area contributed by atoms with Crippen molar-refractivity contribution in [3.63, 3.8) is 0 Å². The van der Waals surface area contributed by atoms with E-state index >= 15 is 0 Å². The highest BCUT2D eigenvalue weighted by molar-refractivity contribution is 5.76. The van der Waals surface area contributed by atoms with Crippen molar-refractivity contribution >= 4 is 5.91 Å². The molecule has 0 fully saturated rings. The Labute approximate surface area is 127 Å². The molecule has 0 saturated carbocycles. The first kappa shape index (κ1) is 17.2. The summed E-state index contributed by atoms with van der Waals surface area (Å²) in [6.07, 6.45) is 5.37. The van der Waals surface area contributed by atoms with E-state index in [9.17, 15) is 4.79 Å². The molecular formula is C17H25NO3. The molecular weight excluding hydrogens is 266 g/mol. The molecule has 0 heterocycles. The van der Waals surface area contributed by atoms with Gasteiger partial charge in [-0.25, -0.2) is 4.84 Å². The number of hydrogen-bond donors (Lipinski definition) is 0. The Morgan fingerprint density at radius 1 is 1.33 bits per heavy atom. The van der Waals surface area contributed by atoms with E-state index in [0.29, 0.717) is 18.8 Å². The lowest BCUT2D eigenvalue weighted by Gasteiger charge is -2.23. The highest BCUT2D eigenvalue weighted by atomic mass is 17.0. The molecule has 1 aromatic carbocycles. The third-order valence-corrected chi connectivity index (χ3v) is 3.01. The largest absolute Gasteiger partial charge is 0.351 e. The maximum Gasteiger partial charge on any atom is 0.288 e. The van der Waals surface area contributed by atoms with Crippen LogP contribution in [0.1, 0.15) is 39.5 Å². The molecule has 1 unspecified atom stereocenters. The van der Waals surface area contributed by atoms with Gasteiger partial charge in [0.1, 0.15) is 0 Å². The Balaban J connectivity index is 2.64. The number of unbranched alkanes of at least 4 members (excludes halogenated alkanes) is 2. The third-order valence-electron chi connectivity index (χ3n) is 3.01. The van der Waals surface area contributed by atoms with Crippen molar-refractivity contribution in [2.45, 2.75) is 39.5 Å². The van der Waals surface area contributed by atoms with Crippen molar-refractivity contribution in [1.29, 1.82) is 0 Å². The first-order valence-electron chi connectivity index (χ1n) is 7.49. The van der Waals surface area contributed by atoms with E-state index in [2.05, 4.69) is 13.5 Å². The number of benzene rings is 1. The highest BCUT2D eigenvalue weighted by Gasteiger charge is 2.22. The lowest BCUT2D eigenvalue weighted by Crippen LogP contribution is -2.38. The molecule has 0 aliphatic rings. The van der Waals surface area contributed by atoms with Crippen LogP contribution in [0.3, 0.4) is 0 Å². The predicted molar refractivity (Wildman–Crippen MR) is 83.4 cm³/mol. The number of allylic oxidation sites excluding steroid dienone is 1. The van der Waals surface area contributed by atoms with E-state index < -0.39 is 0 Å². The summed E-state index contributed by atoms with van der Waals surface area (Å²) in [4.78, 5) is 23.4. The number of nitrogens with zero attached hydrogens (tertiary/aromatic N) is 1. The average molecular weight is 291 g/mol. The molecule has 1 atom stereocenters. The van der Waals surface area contributed by atoms with Crippen LogP contribution in [0, 0.1) is 5.92 Å². The van der Waals surface area contributed by atoms with Gasteiger partial charge in [0.2, 0.25) is 0 Å². The summed E-state index contributed by atoms with van der Waals surface area (Å²) in [6.45, 7) is 8.08. The minimum atomic E-state index is -0.225. The first-order valence-corrected chi connectivity index (χ1v) is 7.49. The van der Waals surface area contributed by atoms with E-state index in [4.69, 9.17) is 9.68 Å². The third kappa shape index (κ3) is 6.45. The van der Waals surface area contributed by atoms with Gasteiger partial charge in [0.15, 0.2) is 5.75 Å². The molecule has 0 radical (unpaired) electrons. The van der Waals surface area contributed by atoms with Crippen LogP contribution in [0.2, 0.25) is 0 Å². The summed E-state index contributed by atoms with van der Waals surface area (Å²) in [7, 11) is 0. The van der Waals surface area contributed by atoms with Crippen LogP contribution in [0.5, 0.6) is 5.75 Å². The monoisotopic (exact) mass is 291 g/mol. The molecule has 0 bridgehead atoms. The van der Waals surface area contributed by atoms with Crippen molar-refractivity contribution in [1.82, 2.24) is 5.23 Å². The summed E-state index contributed by atoms with van der Waals surface area (Å²) in [6, 6.07) is 9.16. The number of amides is 1. The molecule has 0 spiro atoms. The normalized spacial score (nSPS) is 11.7. The van der Waals surface area contributed by atoms with Crippen LogP contribution in [-0.4, -0.2) is 17.7 Å². The SMILES string of the molecule is C=CCC(C)C(=O)N(OCCCCC)Oc1ccccc1. The Bertz CT molecular complexity index is 419. The van der Waals surface area contributed by atoms with Gasteiger partial charge in [0.25, 0.3) is 5.91 Å². The quantitative estimate of drug-likeness (QED) is 0.369. The summed E-state index contributed by atoms with van der Waals surface area (Å²) in [5.41, 5.74) is 0. The summed E-state index contributed by atoms with van der Waals surface area (Å²) in [5, 5.41) is 1.01. The standard InChI is InChI=1S/C17H25NO3/c1-4-6-10-14-20-18(17(19)15(3)11-5-2)21-16-12-8-7-9-13-16/h5,7-9,12-13,15H,2,4,6,10-11,14H2,1,3H3. The van der Waals surface area contributed by atoms with E-state index in [1.165, 1.54) is 0 Å².